The first-order valence-electron chi connectivity index (χ1n) is 12.9. The molecule has 6 rings (SSSR count). The monoisotopic (exact) mass is 491 g/mol. The molecule has 0 bridgehead atoms. The molecule has 0 aliphatic rings. The predicted molar refractivity (Wildman–Crippen MR) is 163 cm³/mol. The fourth-order valence-electron chi connectivity index (χ4n) is 4.92. The summed E-state index contributed by atoms with van der Waals surface area (Å²) in [5.74, 6) is 0.847. The summed E-state index contributed by atoms with van der Waals surface area (Å²) >= 11 is 0. The van der Waals surface area contributed by atoms with Gasteiger partial charge in [-0.2, -0.15) is 0 Å². The van der Waals surface area contributed by atoms with E-state index in [9.17, 15) is 0 Å². The molecule has 0 atom stereocenters. The molecule has 0 amide bonds. The average Bonchev–Trinajstić information content (AvgIpc) is 2.97. The molecule has 0 radical (unpaired) electrons. The van der Waals surface area contributed by atoms with Crippen LogP contribution in [0.25, 0.3) is 33.7 Å². The van der Waals surface area contributed by atoms with Crippen LogP contribution in [0.4, 0.5) is 17.1 Å². The number of fused-ring (bicyclic) bond motifs is 2. The summed E-state index contributed by atoms with van der Waals surface area (Å²) in [4.78, 5) is 2.25. The molecular formula is C36H29NO. The van der Waals surface area contributed by atoms with Crippen molar-refractivity contribution in [3.05, 3.63) is 144 Å². The van der Waals surface area contributed by atoms with Crippen LogP contribution in [0.5, 0.6) is 5.75 Å². The van der Waals surface area contributed by atoms with E-state index in [4.69, 9.17) is 4.74 Å². The Morgan fingerprint density at radius 2 is 1.05 bits per heavy atom. The number of nitrogens with zero attached hydrogens (tertiary/aromatic N) is 1. The zero-order chi connectivity index (χ0) is 25.9. The van der Waals surface area contributed by atoms with Gasteiger partial charge in [0, 0.05) is 17.1 Å². The van der Waals surface area contributed by atoms with Gasteiger partial charge in [0.05, 0.1) is 7.11 Å². The van der Waals surface area contributed by atoms with Crippen LogP contribution in [-0.2, 0) is 0 Å². The molecule has 2 nitrogen and oxygen atoms in total. The van der Waals surface area contributed by atoms with Crippen LogP contribution in [0.2, 0.25) is 0 Å². The third-order valence-electron chi connectivity index (χ3n) is 6.94. The SMILES string of the molecule is COc1ccc(N(c2ccccc2)c2ccc(/C=C/c3ccc4cc5cc(C)ccc5cc4c3)cc2)cc1. The molecule has 0 saturated heterocycles. The van der Waals surface area contributed by atoms with Gasteiger partial charge in [-0.05, 0) is 106 Å². The van der Waals surface area contributed by atoms with Crippen molar-refractivity contribution in [2.75, 3.05) is 12.0 Å². The number of anilines is 3. The van der Waals surface area contributed by atoms with Crippen LogP contribution in [0.1, 0.15) is 16.7 Å². The van der Waals surface area contributed by atoms with Crippen molar-refractivity contribution in [3.63, 3.8) is 0 Å². The fourth-order valence-corrected chi connectivity index (χ4v) is 4.92. The lowest BCUT2D eigenvalue weighted by atomic mass is 10.00. The van der Waals surface area contributed by atoms with Gasteiger partial charge in [0.2, 0.25) is 0 Å². The van der Waals surface area contributed by atoms with Crippen molar-refractivity contribution >= 4 is 50.8 Å². The Morgan fingerprint density at radius 1 is 0.500 bits per heavy atom. The highest BCUT2D eigenvalue weighted by Crippen LogP contribution is 2.35. The van der Waals surface area contributed by atoms with Gasteiger partial charge in [0.15, 0.2) is 0 Å². The second-order valence-electron chi connectivity index (χ2n) is 9.60. The molecule has 6 aromatic rings. The van der Waals surface area contributed by atoms with E-state index in [1.54, 1.807) is 7.11 Å². The number of aryl methyl sites for hydroxylation is 1. The van der Waals surface area contributed by atoms with Crippen LogP contribution in [0.15, 0.2) is 127 Å². The van der Waals surface area contributed by atoms with Crippen LogP contribution in [0, 0.1) is 6.92 Å². The maximum atomic E-state index is 5.36. The Balaban J connectivity index is 1.27. The molecule has 2 heteroatoms. The van der Waals surface area contributed by atoms with Gasteiger partial charge in [0.1, 0.15) is 5.75 Å². The van der Waals surface area contributed by atoms with E-state index in [-0.39, 0.29) is 0 Å². The van der Waals surface area contributed by atoms with Crippen molar-refractivity contribution in [1.29, 1.82) is 0 Å². The molecule has 0 aliphatic heterocycles. The molecule has 6 aromatic carbocycles. The van der Waals surface area contributed by atoms with Gasteiger partial charge in [-0.25, -0.2) is 0 Å². The summed E-state index contributed by atoms with van der Waals surface area (Å²) in [5, 5.41) is 5.10. The first-order valence-corrected chi connectivity index (χ1v) is 12.9. The fraction of sp³-hybridized carbons (Fsp3) is 0.0556. The number of methoxy groups -OCH3 is 1. The summed E-state index contributed by atoms with van der Waals surface area (Å²) in [5.41, 5.74) is 6.94. The first kappa shape index (κ1) is 23.6. The second-order valence-corrected chi connectivity index (χ2v) is 9.60. The predicted octanol–water partition coefficient (Wildman–Crippen LogP) is 9.95. The molecule has 0 aliphatic carbocycles. The van der Waals surface area contributed by atoms with E-state index in [0.29, 0.717) is 0 Å². The molecule has 0 heterocycles. The van der Waals surface area contributed by atoms with Crippen molar-refractivity contribution < 1.29 is 4.74 Å². The lowest BCUT2D eigenvalue weighted by Gasteiger charge is -2.25. The maximum absolute atomic E-state index is 5.36. The Morgan fingerprint density at radius 3 is 1.74 bits per heavy atom. The molecule has 0 spiro atoms. The third-order valence-corrected chi connectivity index (χ3v) is 6.94. The maximum Gasteiger partial charge on any atom is 0.119 e. The summed E-state index contributed by atoms with van der Waals surface area (Å²) in [6.45, 7) is 2.14. The van der Waals surface area contributed by atoms with E-state index >= 15 is 0 Å². The molecule has 0 N–H and O–H groups in total. The minimum absolute atomic E-state index is 0.847. The minimum Gasteiger partial charge on any atom is -0.497 e. The lowest BCUT2D eigenvalue weighted by molar-refractivity contribution is 0.415. The number of ether oxygens (including phenoxy) is 1. The zero-order valence-corrected chi connectivity index (χ0v) is 21.6. The van der Waals surface area contributed by atoms with Crippen LogP contribution in [0.3, 0.4) is 0 Å². The van der Waals surface area contributed by atoms with Crippen LogP contribution in [-0.4, -0.2) is 7.11 Å². The van der Waals surface area contributed by atoms with Crippen molar-refractivity contribution in [1.82, 2.24) is 0 Å². The van der Waals surface area contributed by atoms with Crippen molar-refractivity contribution in [3.8, 4) is 5.75 Å². The number of benzene rings is 6. The van der Waals surface area contributed by atoms with Gasteiger partial charge >= 0.3 is 0 Å². The summed E-state index contributed by atoms with van der Waals surface area (Å²) in [7, 11) is 1.69. The highest BCUT2D eigenvalue weighted by atomic mass is 16.5. The Labute approximate surface area is 224 Å². The average molecular weight is 492 g/mol. The number of hydrogen-bond acceptors (Lipinski definition) is 2. The summed E-state index contributed by atoms with van der Waals surface area (Å²) in [6, 6.07) is 45.1. The van der Waals surface area contributed by atoms with Gasteiger partial charge < -0.3 is 9.64 Å². The number of rotatable bonds is 6. The van der Waals surface area contributed by atoms with E-state index < -0.39 is 0 Å². The quantitative estimate of drug-likeness (QED) is 0.170. The van der Waals surface area contributed by atoms with Gasteiger partial charge in [-0.3, -0.25) is 0 Å². The molecular weight excluding hydrogens is 462 g/mol. The van der Waals surface area contributed by atoms with E-state index in [1.807, 2.05) is 18.2 Å². The molecule has 38 heavy (non-hydrogen) atoms. The number of hydrogen-bond donors (Lipinski definition) is 0. The molecule has 0 aromatic heterocycles. The molecule has 0 unspecified atom stereocenters. The standard InChI is InChI=1S/C36H29NO/c1-26-8-14-29-25-32-23-28(11-15-30(32)24-31(29)22-26)10-9-27-12-16-34(17-13-27)37(33-6-4-3-5-7-33)35-18-20-36(38-2)21-19-35/h3-25H,1-2H3/b10-9+. The van der Waals surface area contributed by atoms with Crippen molar-refractivity contribution in [2.24, 2.45) is 0 Å². The van der Waals surface area contributed by atoms with Crippen LogP contribution < -0.4 is 9.64 Å². The van der Waals surface area contributed by atoms with Crippen molar-refractivity contribution in [2.45, 2.75) is 6.92 Å². The molecule has 184 valence electrons. The second kappa shape index (κ2) is 10.3. The van der Waals surface area contributed by atoms with Crippen LogP contribution >= 0.6 is 0 Å². The topological polar surface area (TPSA) is 12.5 Å². The summed E-state index contributed by atoms with van der Waals surface area (Å²) < 4.78 is 5.36. The minimum atomic E-state index is 0.847. The normalized spacial score (nSPS) is 11.3. The third kappa shape index (κ3) is 4.89. The van der Waals surface area contributed by atoms with E-state index in [2.05, 4.69) is 133 Å². The van der Waals surface area contributed by atoms with E-state index in [0.717, 1.165) is 28.4 Å². The summed E-state index contributed by atoms with van der Waals surface area (Å²) in [6.07, 6.45) is 4.36. The molecule has 0 fully saturated rings. The Hall–Kier alpha value is -4.82. The van der Waals surface area contributed by atoms with Gasteiger partial charge in [-0.1, -0.05) is 78.4 Å². The highest BCUT2D eigenvalue weighted by molar-refractivity contribution is 5.99. The molecule has 0 saturated carbocycles. The number of para-hydroxylation sites is 1. The Bertz CT molecular complexity index is 1730. The van der Waals surface area contributed by atoms with Gasteiger partial charge in [-0.15, -0.1) is 0 Å². The first-order chi connectivity index (χ1) is 18.7. The van der Waals surface area contributed by atoms with E-state index in [1.165, 1.54) is 32.7 Å². The lowest BCUT2D eigenvalue weighted by Crippen LogP contribution is -2.09. The highest BCUT2D eigenvalue weighted by Gasteiger charge is 2.12. The smallest absolute Gasteiger partial charge is 0.119 e. The largest absolute Gasteiger partial charge is 0.497 e. The zero-order valence-electron chi connectivity index (χ0n) is 21.6. The van der Waals surface area contributed by atoms with Gasteiger partial charge in [0.25, 0.3) is 0 Å². The Kier molecular flexibility index (Phi) is 6.37.